The molecule has 26 heteroatoms. The molecule has 0 fully saturated rings. The van der Waals surface area contributed by atoms with Gasteiger partial charge >= 0.3 is 24.4 Å². The van der Waals surface area contributed by atoms with Crippen LogP contribution in [0.4, 0.5) is 36.6 Å². The van der Waals surface area contributed by atoms with E-state index in [2.05, 4.69) is 60.7 Å². The van der Waals surface area contributed by atoms with E-state index in [1.807, 2.05) is 0 Å². The molecule has 2 radical (unpaired) electrons. The number of nitrogens with one attached hydrogen (secondary N) is 6. The predicted octanol–water partition coefficient (Wildman–Crippen LogP) is 7.92. The first-order valence-electron chi connectivity index (χ1n) is 28.3. The van der Waals surface area contributed by atoms with Gasteiger partial charge in [0.2, 0.25) is 23.7 Å². The van der Waals surface area contributed by atoms with Gasteiger partial charge in [-0.05, 0) is 158 Å². The average Bonchev–Trinajstić information content (AvgIpc) is 3.71. The number of nitrogen functional groups attached to an aromatic ring is 1. The lowest BCUT2D eigenvalue weighted by Gasteiger charge is -2.29. The highest BCUT2D eigenvalue weighted by molar-refractivity contribution is 7.99. The molecule has 25 nitrogen and oxygen atoms in total. The van der Waals surface area contributed by atoms with Crippen molar-refractivity contribution >= 4 is 82.5 Å². The molecule has 0 saturated heterocycles. The van der Waals surface area contributed by atoms with Gasteiger partial charge in [0.05, 0.1) is 6.54 Å². The van der Waals surface area contributed by atoms with Crippen LogP contribution in [0.2, 0.25) is 0 Å². The van der Waals surface area contributed by atoms with Crippen LogP contribution < -0.4 is 37.6 Å². The summed E-state index contributed by atoms with van der Waals surface area (Å²) in [7, 11) is 0. The van der Waals surface area contributed by atoms with E-state index in [1.54, 1.807) is 124 Å². The van der Waals surface area contributed by atoms with Gasteiger partial charge in [-0.1, -0.05) is 25.5 Å². The van der Waals surface area contributed by atoms with Gasteiger partial charge in [0.1, 0.15) is 34.5 Å². The third-order valence-corrected chi connectivity index (χ3v) is 12.4. The molecule has 9 N–H and O–H groups in total. The van der Waals surface area contributed by atoms with Crippen LogP contribution in [0.5, 0.6) is 6.01 Å². The lowest BCUT2D eigenvalue weighted by Crippen LogP contribution is -2.54. The van der Waals surface area contributed by atoms with Crippen molar-refractivity contribution in [3.63, 3.8) is 0 Å². The zero-order chi connectivity index (χ0) is 62.1. The Morgan fingerprint density at radius 1 is 0.687 bits per heavy atom. The first-order chi connectivity index (χ1) is 38.8. The fourth-order valence-electron chi connectivity index (χ4n) is 7.64. The Morgan fingerprint density at radius 3 is 1.77 bits per heavy atom. The number of thioether (sulfide) groups is 1. The number of benzene rings is 1. The summed E-state index contributed by atoms with van der Waals surface area (Å²) in [5, 5.41) is 27.7. The topological polar surface area (TPSA) is 325 Å². The average molecular weight is 1180 g/mol. The summed E-state index contributed by atoms with van der Waals surface area (Å²) >= 11 is 1.33. The molecule has 464 valence electrons. The van der Waals surface area contributed by atoms with Crippen LogP contribution >= 0.6 is 11.8 Å². The summed E-state index contributed by atoms with van der Waals surface area (Å²) in [6, 6.07) is 4.04. The van der Waals surface area contributed by atoms with Crippen LogP contribution in [-0.2, 0) is 39.9 Å². The van der Waals surface area contributed by atoms with Crippen molar-refractivity contribution in [2.75, 3.05) is 73.7 Å². The summed E-state index contributed by atoms with van der Waals surface area (Å²) in [4.78, 5) is 109. The molecule has 83 heavy (non-hydrogen) atoms. The Kier molecular flexibility index (Phi) is 28.2. The Bertz CT molecular complexity index is 2570. The number of hydrogen-bond donors (Lipinski definition) is 8. The second-order valence-corrected chi connectivity index (χ2v) is 24.9. The number of aromatic nitrogens is 4. The van der Waals surface area contributed by atoms with E-state index in [1.165, 1.54) is 16.3 Å². The third-order valence-electron chi connectivity index (χ3n) is 11.4. The fourth-order valence-corrected chi connectivity index (χ4v) is 8.42. The molecule has 3 rings (SSSR count). The van der Waals surface area contributed by atoms with Crippen molar-refractivity contribution in [3.8, 4) is 6.01 Å². The van der Waals surface area contributed by atoms with E-state index in [0.717, 1.165) is 12.8 Å². The van der Waals surface area contributed by atoms with E-state index >= 15 is 0 Å². The first-order valence-corrected chi connectivity index (χ1v) is 29.5. The number of unbranched alkanes of at least 4 members (excludes halogenated alkanes) is 2. The quantitative estimate of drug-likeness (QED) is 0.0224. The zero-order valence-electron chi connectivity index (χ0n) is 51.1. The number of carbonyl (C=O) groups is 7. The Labute approximate surface area is 494 Å². The van der Waals surface area contributed by atoms with Gasteiger partial charge in [-0.2, -0.15) is 26.7 Å². The molecule has 0 saturated carbocycles. The van der Waals surface area contributed by atoms with Crippen LogP contribution in [0.3, 0.4) is 0 Å². The number of hydrogen-bond acceptors (Lipinski definition) is 18. The number of nitrogens with two attached hydrogens (primary N) is 1. The highest BCUT2D eigenvalue weighted by Crippen LogP contribution is 2.26. The van der Waals surface area contributed by atoms with E-state index in [9.17, 15) is 38.7 Å². The molecule has 3 aromatic rings. The highest BCUT2D eigenvalue weighted by Gasteiger charge is 2.30. The summed E-state index contributed by atoms with van der Waals surface area (Å²) in [6.07, 6.45) is 2.55. The van der Waals surface area contributed by atoms with Gasteiger partial charge in [0.25, 0.3) is 6.01 Å². The van der Waals surface area contributed by atoms with E-state index in [0.29, 0.717) is 73.9 Å². The van der Waals surface area contributed by atoms with Crippen molar-refractivity contribution in [3.05, 3.63) is 43.2 Å². The Morgan fingerprint density at radius 2 is 1.23 bits per heavy atom. The molecule has 7 amide bonds. The molecule has 0 aliphatic heterocycles. The lowest BCUT2D eigenvalue weighted by molar-refractivity contribution is -0.128. The van der Waals surface area contributed by atoms with Crippen molar-refractivity contribution in [1.29, 1.82) is 0 Å². The summed E-state index contributed by atoms with van der Waals surface area (Å²) < 4.78 is 23.6. The van der Waals surface area contributed by atoms with E-state index in [4.69, 9.17) is 24.7 Å². The van der Waals surface area contributed by atoms with Crippen LogP contribution in [0.25, 0.3) is 11.2 Å². The number of fused-ring (bicyclic) bond motifs is 1. The van der Waals surface area contributed by atoms with Crippen LogP contribution in [0.1, 0.15) is 147 Å². The molecule has 1 aromatic carbocycles. The molecular weight excluding hydrogens is 1090 g/mol. The first kappa shape index (κ1) is 70.3. The molecule has 2 aromatic heterocycles. The predicted molar refractivity (Wildman–Crippen MR) is 322 cm³/mol. The van der Waals surface area contributed by atoms with Crippen molar-refractivity contribution < 1.29 is 57.6 Å². The smallest absolute Gasteiger partial charge is 0.410 e. The van der Waals surface area contributed by atoms with Gasteiger partial charge in [-0.3, -0.25) is 19.0 Å². The summed E-state index contributed by atoms with van der Waals surface area (Å²) in [5.41, 5.74) is 4.79. The van der Waals surface area contributed by atoms with Crippen LogP contribution in [0.15, 0.2) is 24.3 Å². The van der Waals surface area contributed by atoms with Crippen molar-refractivity contribution in [1.82, 2.24) is 50.6 Å². The van der Waals surface area contributed by atoms with E-state index < -0.39 is 76.6 Å². The normalized spacial score (nSPS) is 12.6. The second-order valence-electron chi connectivity index (χ2n) is 23.8. The number of carbonyl (C=O) groups excluding carboxylic acids is 7. The molecule has 2 atom stereocenters. The second kappa shape index (κ2) is 33.3. The standard InChI is InChI=1S/C57H93N13O12S/c1-15-17-28-60-48-66-44(58)43-45(67-48)70(49(74)65-43)36-38-22-24-39(25-23-38)62-46(72)40(63-47(73)41(37-83-35-16-2)64-51(76)80-55(6,7)8)26-27-42(71)59-29-20-33-68(52(77)81-56(9,10)11)31-18-19-32-69(53(78)82-57(12,13)14)34-21-30-61-50(75)79-54(3,4)5/h16,22-25,40-41H,2,15,17-21,26-37H2,1,3-14H3,(H,59,71)(H,61,75)(H,62,72)(H,63,73)(H,64,76)(H,65,74)(H3,58,60,66,67)/t40-,41-/m0/s1. The maximum Gasteiger partial charge on any atom is 0.410 e. The van der Waals surface area contributed by atoms with Gasteiger partial charge in [-0.25, -0.2) is 19.2 Å². The maximum absolute atomic E-state index is 14.1. The number of amides is 7. The fraction of sp³-hybridized carbons (Fsp3) is 0.649. The number of nitrogens with zero attached hydrogens (tertiary/aromatic N) is 6. The summed E-state index contributed by atoms with van der Waals surface area (Å²) in [6.45, 7) is 29.1. The Hall–Kier alpha value is -6.99. The third kappa shape index (κ3) is 28.2. The summed E-state index contributed by atoms with van der Waals surface area (Å²) in [5.74, 6) is -0.748. The molecule has 0 aliphatic rings. The number of aromatic hydroxyl groups is 1. The number of anilines is 3. The number of alkyl carbamates (subject to hydrolysis) is 2. The maximum atomic E-state index is 14.1. The minimum absolute atomic E-state index is 0.109. The van der Waals surface area contributed by atoms with Gasteiger partial charge in [0.15, 0.2) is 17.0 Å². The minimum atomic E-state index is -1.26. The molecule has 0 bridgehead atoms. The number of rotatable bonds is 31. The monoisotopic (exact) mass is 1180 g/mol. The van der Waals surface area contributed by atoms with Gasteiger partial charge in [-0.15, -0.1) is 0 Å². The Balaban J connectivity index is 1.73. The number of imidazole rings is 1. The molecule has 0 spiro atoms. The largest absolute Gasteiger partial charge is 0.480 e. The van der Waals surface area contributed by atoms with E-state index in [-0.39, 0.29) is 68.7 Å². The van der Waals surface area contributed by atoms with Gasteiger partial charge < -0.3 is 71.5 Å². The SMILES string of the molecule is [CH2][CH]CSC[C@H](NC(=O)OC(C)(C)C)C(=O)N[C@@H](CCC(=O)NCCCN(CCCCN(CCCNC(=O)OC(C)(C)C)C(=O)OC(C)(C)C)C(=O)OC(C)(C)C)C(=O)Nc1ccc(Cn2c(O)nc3c(N)nc(NCCCC)nc32)cc1. The minimum Gasteiger partial charge on any atom is -0.480 e. The molecular formula is C57H93N13O12S. The van der Waals surface area contributed by atoms with Crippen LogP contribution in [-0.4, -0.2) is 168 Å². The van der Waals surface area contributed by atoms with Crippen molar-refractivity contribution in [2.45, 2.75) is 182 Å². The molecule has 2 heterocycles. The van der Waals surface area contributed by atoms with Crippen molar-refractivity contribution in [2.24, 2.45) is 0 Å². The van der Waals surface area contributed by atoms with Gasteiger partial charge in [0, 0.05) is 63.7 Å². The molecule has 0 unspecified atom stereocenters. The number of ether oxygens (including phenoxy) is 4. The molecule has 0 aliphatic carbocycles. The lowest BCUT2D eigenvalue weighted by atomic mass is 10.1. The van der Waals surface area contributed by atoms with Crippen LogP contribution in [0, 0.1) is 13.3 Å². The zero-order valence-corrected chi connectivity index (χ0v) is 51.9. The highest BCUT2D eigenvalue weighted by atomic mass is 32.2.